The second-order valence-corrected chi connectivity index (χ2v) is 5.58. The van der Waals surface area contributed by atoms with Crippen molar-refractivity contribution in [2.45, 2.75) is 20.5 Å². The zero-order valence-corrected chi connectivity index (χ0v) is 14.1. The van der Waals surface area contributed by atoms with Gasteiger partial charge in [-0.3, -0.25) is 4.79 Å². The number of nitrogens with zero attached hydrogens (tertiary/aromatic N) is 3. The lowest BCUT2D eigenvalue weighted by Crippen LogP contribution is -2.15. The third-order valence-electron chi connectivity index (χ3n) is 3.81. The fraction of sp³-hybridized carbons (Fsp3) is 0.167. The molecule has 2 aromatic carbocycles. The van der Waals surface area contributed by atoms with Crippen LogP contribution >= 0.6 is 0 Å². The van der Waals surface area contributed by atoms with E-state index >= 15 is 0 Å². The molecule has 1 N–H and O–H groups in total. The quantitative estimate of drug-likeness (QED) is 0.754. The molecule has 0 saturated heterocycles. The van der Waals surface area contributed by atoms with Crippen LogP contribution in [0.1, 0.15) is 21.7 Å². The number of ether oxygens (including phenoxy) is 1. The second-order valence-electron chi connectivity index (χ2n) is 5.58. The minimum atomic E-state index is -2.88. The highest BCUT2D eigenvalue weighted by molar-refractivity contribution is 6.03. The van der Waals surface area contributed by atoms with Gasteiger partial charge < -0.3 is 10.1 Å². The van der Waals surface area contributed by atoms with Gasteiger partial charge in [0.1, 0.15) is 5.75 Å². The molecule has 26 heavy (non-hydrogen) atoms. The average molecular weight is 358 g/mol. The van der Waals surface area contributed by atoms with Gasteiger partial charge in [0.15, 0.2) is 5.69 Å². The van der Waals surface area contributed by atoms with E-state index in [1.807, 2.05) is 25.1 Å². The summed E-state index contributed by atoms with van der Waals surface area (Å²) in [7, 11) is 0. The molecular weight excluding hydrogens is 342 g/mol. The van der Waals surface area contributed by atoms with E-state index in [4.69, 9.17) is 0 Å². The van der Waals surface area contributed by atoms with E-state index in [9.17, 15) is 13.6 Å². The maximum Gasteiger partial charge on any atom is 0.387 e. The topological polar surface area (TPSA) is 69.0 Å². The largest absolute Gasteiger partial charge is 0.435 e. The van der Waals surface area contributed by atoms with Crippen molar-refractivity contribution in [3.63, 3.8) is 0 Å². The highest BCUT2D eigenvalue weighted by Crippen LogP contribution is 2.20. The summed E-state index contributed by atoms with van der Waals surface area (Å²) in [6.07, 6.45) is 0. The molecule has 1 heterocycles. The molecule has 0 aliphatic carbocycles. The Hall–Kier alpha value is -3.29. The van der Waals surface area contributed by atoms with Gasteiger partial charge in [-0.2, -0.15) is 8.78 Å². The Morgan fingerprint density at radius 2 is 1.81 bits per heavy atom. The van der Waals surface area contributed by atoms with Crippen molar-refractivity contribution >= 4 is 11.6 Å². The Morgan fingerprint density at radius 1 is 1.12 bits per heavy atom. The monoisotopic (exact) mass is 358 g/mol. The maximum atomic E-state index is 12.5. The van der Waals surface area contributed by atoms with Crippen molar-refractivity contribution in [3.05, 3.63) is 65.5 Å². The predicted molar refractivity (Wildman–Crippen MR) is 91.9 cm³/mol. The SMILES string of the molecule is Cc1ccccc1NC(=O)c1nnn(-c2ccc(OC(F)F)cc2)c1C. The van der Waals surface area contributed by atoms with E-state index in [0.29, 0.717) is 17.1 Å². The minimum Gasteiger partial charge on any atom is -0.435 e. The normalized spacial score (nSPS) is 10.8. The standard InChI is InChI=1S/C18H16F2N4O2/c1-11-5-3-4-6-15(11)21-17(25)16-12(2)24(23-22-16)13-7-9-14(10-8-13)26-18(19)20/h3-10,18H,1-2H3,(H,21,25). The summed E-state index contributed by atoms with van der Waals surface area (Å²) in [6, 6.07) is 13.3. The van der Waals surface area contributed by atoms with Crippen LogP contribution in [-0.4, -0.2) is 27.5 Å². The number of benzene rings is 2. The molecule has 0 saturated carbocycles. The average Bonchev–Trinajstić information content (AvgIpc) is 2.99. The van der Waals surface area contributed by atoms with Gasteiger partial charge in [-0.15, -0.1) is 5.10 Å². The number of anilines is 1. The second kappa shape index (κ2) is 7.30. The van der Waals surface area contributed by atoms with Crippen LogP contribution in [0.25, 0.3) is 5.69 Å². The lowest BCUT2D eigenvalue weighted by Gasteiger charge is -2.08. The van der Waals surface area contributed by atoms with Crippen LogP contribution in [-0.2, 0) is 0 Å². The van der Waals surface area contributed by atoms with Crippen molar-refractivity contribution < 1.29 is 18.3 Å². The summed E-state index contributed by atoms with van der Waals surface area (Å²) in [5.41, 5.74) is 2.91. The molecule has 8 heteroatoms. The Morgan fingerprint density at radius 3 is 2.46 bits per heavy atom. The molecule has 0 bridgehead atoms. The smallest absolute Gasteiger partial charge is 0.387 e. The molecule has 6 nitrogen and oxygen atoms in total. The van der Waals surface area contributed by atoms with Gasteiger partial charge in [-0.05, 0) is 49.7 Å². The van der Waals surface area contributed by atoms with E-state index in [1.165, 1.54) is 16.8 Å². The summed E-state index contributed by atoms with van der Waals surface area (Å²) >= 11 is 0. The van der Waals surface area contributed by atoms with Gasteiger partial charge >= 0.3 is 6.61 Å². The Labute approximate surface area is 148 Å². The summed E-state index contributed by atoms with van der Waals surface area (Å²) in [4.78, 5) is 12.5. The molecule has 3 rings (SSSR count). The summed E-state index contributed by atoms with van der Waals surface area (Å²) in [5, 5.41) is 10.7. The molecule has 0 radical (unpaired) electrons. The number of carbonyl (C=O) groups is 1. The Balaban J connectivity index is 1.81. The van der Waals surface area contributed by atoms with Gasteiger partial charge in [-0.25, -0.2) is 4.68 Å². The van der Waals surface area contributed by atoms with E-state index < -0.39 is 6.61 Å². The van der Waals surface area contributed by atoms with Crippen molar-refractivity contribution in [1.82, 2.24) is 15.0 Å². The Bertz CT molecular complexity index is 923. The molecule has 1 amide bonds. The highest BCUT2D eigenvalue weighted by Gasteiger charge is 2.18. The van der Waals surface area contributed by atoms with Gasteiger partial charge in [0.25, 0.3) is 5.91 Å². The molecule has 1 aromatic heterocycles. The van der Waals surface area contributed by atoms with Crippen molar-refractivity contribution in [3.8, 4) is 11.4 Å². The van der Waals surface area contributed by atoms with Crippen molar-refractivity contribution in [2.75, 3.05) is 5.32 Å². The van der Waals surface area contributed by atoms with Crippen molar-refractivity contribution in [1.29, 1.82) is 0 Å². The highest BCUT2D eigenvalue weighted by atomic mass is 19.3. The first kappa shape index (κ1) is 17.5. The van der Waals surface area contributed by atoms with Crippen LogP contribution in [0.2, 0.25) is 0 Å². The fourth-order valence-electron chi connectivity index (χ4n) is 2.45. The van der Waals surface area contributed by atoms with Gasteiger partial charge in [0.2, 0.25) is 0 Å². The number of carbonyl (C=O) groups excluding carboxylic acids is 1. The summed E-state index contributed by atoms with van der Waals surface area (Å²) < 4.78 is 30.2. The van der Waals surface area contributed by atoms with Gasteiger partial charge in [0.05, 0.1) is 11.4 Å². The number of amides is 1. The van der Waals surface area contributed by atoms with Gasteiger partial charge in [0, 0.05) is 5.69 Å². The van der Waals surface area contributed by atoms with Crippen LogP contribution in [0.15, 0.2) is 48.5 Å². The number of rotatable bonds is 5. The number of halogens is 2. The predicted octanol–water partition coefficient (Wildman–Crippen LogP) is 3.74. The molecule has 134 valence electrons. The number of alkyl halides is 2. The molecule has 3 aromatic rings. The van der Waals surface area contributed by atoms with E-state index in [0.717, 1.165) is 5.56 Å². The van der Waals surface area contributed by atoms with Gasteiger partial charge in [-0.1, -0.05) is 23.4 Å². The lowest BCUT2D eigenvalue weighted by molar-refractivity contribution is -0.0498. The zero-order chi connectivity index (χ0) is 18.7. The third kappa shape index (κ3) is 3.69. The van der Waals surface area contributed by atoms with E-state index in [2.05, 4.69) is 20.4 Å². The molecule has 0 spiro atoms. The number of aromatic nitrogens is 3. The van der Waals surface area contributed by atoms with E-state index in [-0.39, 0.29) is 17.4 Å². The van der Waals surface area contributed by atoms with Crippen LogP contribution in [0.5, 0.6) is 5.75 Å². The maximum absolute atomic E-state index is 12.5. The molecule has 0 aliphatic heterocycles. The number of hydrogen-bond donors (Lipinski definition) is 1. The first-order valence-corrected chi connectivity index (χ1v) is 7.80. The number of aryl methyl sites for hydroxylation is 1. The van der Waals surface area contributed by atoms with Crippen molar-refractivity contribution in [2.24, 2.45) is 0 Å². The zero-order valence-electron chi connectivity index (χ0n) is 14.1. The molecule has 0 fully saturated rings. The molecule has 0 atom stereocenters. The third-order valence-corrected chi connectivity index (χ3v) is 3.81. The number of nitrogens with one attached hydrogen (secondary N) is 1. The fourth-order valence-corrected chi connectivity index (χ4v) is 2.45. The first-order chi connectivity index (χ1) is 12.5. The molecule has 0 unspecified atom stereocenters. The molecule has 0 aliphatic rings. The van der Waals surface area contributed by atoms with Crippen LogP contribution < -0.4 is 10.1 Å². The number of para-hydroxylation sites is 1. The Kier molecular flexibility index (Phi) is 4.92. The summed E-state index contributed by atoms with van der Waals surface area (Å²) in [6.45, 7) is 0.712. The van der Waals surface area contributed by atoms with Crippen LogP contribution in [0.4, 0.5) is 14.5 Å². The molecular formula is C18H16F2N4O2. The lowest BCUT2D eigenvalue weighted by atomic mass is 10.2. The first-order valence-electron chi connectivity index (χ1n) is 7.80. The minimum absolute atomic E-state index is 0.0408. The summed E-state index contributed by atoms with van der Waals surface area (Å²) in [5.74, 6) is -0.334. The van der Waals surface area contributed by atoms with Crippen LogP contribution in [0.3, 0.4) is 0 Å². The van der Waals surface area contributed by atoms with E-state index in [1.54, 1.807) is 25.1 Å². The van der Waals surface area contributed by atoms with Crippen LogP contribution in [0, 0.1) is 13.8 Å². The number of hydrogen-bond acceptors (Lipinski definition) is 4.